The Bertz CT molecular complexity index is 1280. The molecule has 4 rings (SSSR count). The van der Waals surface area contributed by atoms with Gasteiger partial charge in [0.05, 0.1) is 15.9 Å². The Labute approximate surface area is 183 Å². The largest absolute Gasteiger partial charge is 0.573 e. The van der Waals surface area contributed by atoms with Crippen LogP contribution < -0.4 is 20.1 Å². The number of para-hydroxylation sites is 2. The molecule has 7 nitrogen and oxygen atoms in total. The van der Waals surface area contributed by atoms with Crippen molar-refractivity contribution in [1.82, 2.24) is 15.3 Å². The number of ether oxygens (including phenoxy) is 2. The number of carbonyl (C=O) groups excluding carboxylic acids is 1. The first-order valence-corrected chi connectivity index (χ1v) is 10.0. The second-order valence-electron chi connectivity index (χ2n) is 6.38. The molecule has 0 fully saturated rings. The highest BCUT2D eigenvalue weighted by atomic mass is 32.1. The molecule has 1 amide bonds. The third kappa shape index (κ3) is 5.06. The van der Waals surface area contributed by atoms with Crippen molar-refractivity contribution >= 4 is 38.3 Å². The summed E-state index contributed by atoms with van der Waals surface area (Å²) in [4.78, 5) is 20.1. The van der Waals surface area contributed by atoms with Crippen LogP contribution in [0.4, 0.5) is 24.0 Å². The Hall–Kier alpha value is -3.86. The molecule has 0 unspecified atom stereocenters. The van der Waals surface area contributed by atoms with Crippen LogP contribution >= 0.6 is 11.3 Å². The number of rotatable bonds is 6. The van der Waals surface area contributed by atoms with Crippen molar-refractivity contribution in [2.24, 2.45) is 0 Å². The first-order valence-electron chi connectivity index (χ1n) is 9.19. The van der Waals surface area contributed by atoms with Crippen LogP contribution in [0.1, 0.15) is 10.5 Å². The van der Waals surface area contributed by atoms with Gasteiger partial charge in [0.1, 0.15) is 17.2 Å². The normalized spacial score (nSPS) is 11.2. The summed E-state index contributed by atoms with van der Waals surface area (Å²) < 4.78 is 48.5. The molecule has 164 valence electrons. The van der Waals surface area contributed by atoms with Gasteiger partial charge in [0, 0.05) is 25.4 Å². The molecule has 4 aromatic rings. The lowest BCUT2D eigenvalue weighted by molar-refractivity contribution is -0.274. The summed E-state index contributed by atoms with van der Waals surface area (Å²) in [5.41, 5.74) is 0.994. The monoisotopic (exact) mass is 460 g/mol. The van der Waals surface area contributed by atoms with Crippen molar-refractivity contribution < 1.29 is 27.4 Å². The van der Waals surface area contributed by atoms with Gasteiger partial charge in [-0.2, -0.15) is 0 Å². The van der Waals surface area contributed by atoms with Crippen LogP contribution in [0.25, 0.3) is 10.2 Å². The summed E-state index contributed by atoms with van der Waals surface area (Å²) >= 11 is 1.24. The fraction of sp³-hybridized carbons (Fsp3) is 0.0952. The number of amides is 1. The number of nitrogens with one attached hydrogen (secondary N) is 2. The number of hydrogen-bond acceptors (Lipinski definition) is 7. The standard InChI is InChI=1S/C21H15F3N4O3S/c1-25-19(29)16-10-13(8-9-26-16)30-12-6-7-15-18(11-12)32-20(28-15)27-14-4-2-3-5-17(14)31-21(22,23)24/h2-11H,1H3,(H,25,29)(H,27,28). The van der Waals surface area contributed by atoms with Crippen molar-refractivity contribution in [2.75, 3.05) is 12.4 Å². The molecule has 0 atom stereocenters. The topological polar surface area (TPSA) is 85.4 Å². The van der Waals surface area contributed by atoms with Gasteiger partial charge in [-0.05, 0) is 30.3 Å². The van der Waals surface area contributed by atoms with Crippen molar-refractivity contribution in [1.29, 1.82) is 0 Å². The van der Waals surface area contributed by atoms with Crippen LogP contribution in [-0.4, -0.2) is 29.3 Å². The summed E-state index contributed by atoms with van der Waals surface area (Å²) in [5, 5.41) is 5.75. The number of halogens is 3. The van der Waals surface area contributed by atoms with Crippen molar-refractivity contribution in [3.05, 3.63) is 66.5 Å². The van der Waals surface area contributed by atoms with E-state index in [0.29, 0.717) is 22.1 Å². The van der Waals surface area contributed by atoms with Crippen LogP contribution in [0.3, 0.4) is 0 Å². The van der Waals surface area contributed by atoms with Crippen molar-refractivity contribution in [3.63, 3.8) is 0 Å². The zero-order valence-electron chi connectivity index (χ0n) is 16.4. The van der Waals surface area contributed by atoms with E-state index in [-0.39, 0.29) is 23.0 Å². The smallest absolute Gasteiger partial charge is 0.457 e. The SMILES string of the molecule is CNC(=O)c1cc(Oc2ccc3nc(Nc4ccccc4OC(F)(F)F)sc3c2)ccn1. The average molecular weight is 460 g/mol. The molecule has 0 saturated carbocycles. The molecule has 11 heteroatoms. The van der Waals surface area contributed by atoms with Gasteiger partial charge in [-0.25, -0.2) is 4.98 Å². The molecule has 0 aliphatic heterocycles. The quantitative estimate of drug-likeness (QED) is 0.396. The maximum Gasteiger partial charge on any atom is 0.573 e. The lowest BCUT2D eigenvalue weighted by Crippen LogP contribution is -2.18. The Morgan fingerprint density at radius 2 is 1.84 bits per heavy atom. The molecular formula is C21H15F3N4O3S. The zero-order valence-corrected chi connectivity index (χ0v) is 17.3. The number of alkyl halides is 3. The van der Waals surface area contributed by atoms with E-state index in [0.717, 1.165) is 4.70 Å². The van der Waals surface area contributed by atoms with E-state index in [1.54, 1.807) is 30.3 Å². The van der Waals surface area contributed by atoms with Crippen LogP contribution in [0.5, 0.6) is 17.2 Å². The molecule has 0 aliphatic rings. The molecule has 0 bridgehead atoms. The van der Waals surface area contributed by atoms with E-state index in [2.05, 4.69) is 25.3 Å². The molecule has 2 heterocycles. The molecule has 2 N–H and O–H groups in total. The summed E-state index contributed by atoms with van der Waals surface area (Å²) in [6, 6.07) is 14.0. The summed E-state index contributed by atoms with van der Waals surface area (Å²) in [6.45, 7) is 0. The first kappa shape index (κ1) is 21.4. The van der Waals surface area contributed by atoms with Crippen molar-refractivity contribution in [2.45, 2.75) is 6.36 Å². The zero-order chi connectivity index (χ0) is 22.7. The van der Waals surface area contributed by atoms with Gasteiger partial charge in [-0.15, -0.1) is 13.2 Å². The minimum Gasteiger partial charge on any atom is -0.457 e. The Kier molecular flexibility index (Phi) is 5.82. The summed E-state index contributed by atoms with van der Waals surface area (Å²) in [7, 11) is 1.51. The molecule has 0 saturated heterocycles. The number of carbonyl (C=O) groups is 1. The van der Waals surface area contributed by atoms with Gasteiger partial charge < -0.3 is 20.1 Å². The van der Waals surface area contributed by atoms with E-state index in [1.165, 1.54) is 48.8 Å². The van der Waals surface area contributed by atoms with Crippen LogP contribution in [0, 0.1) is 0 Å². The Balaban J connectivity index is 1.55. The molecule has 0 radical (unpaired) electrons. The van der Waals surface area contributed by atoms with Gasteiger partial charge in [-0.3, -0.25) is 9.78 Å². The number of nitrogens with zero attached hydrogens (tertiary/aromatic N) is 2. The molecular weight excluding hydrogens is 445 g/mol. The second kappa shape index (κ2) is 8.71. The highest BCUT2D eigenvalue weighted by Gasteiger charge is 2.32. The van der Waals surface area contributed by atoms with Crippen LogP contribution in [0.2, 0.25) is 0 Å². The third-order valence-corrected chi connectivity index (χ3v) is 5.07. The van der Waals surface area contributed by atoms with E-state index in [1.807, 2.05) is 0 Å². The van der Waals surface area contributed by atoms with Gasteiger partial charge in [0.2, 0.25) is 0 Å². The number of hydrogen-bond donors (Lipinski definition) is 2. The minimum atomic E-state index is -4.80. The van der Waals surface area contributed by atoms with E-state index in [4.69, 9.17) is 4.74 Å². The molecule has 2 aromatic carbocycles. The van der Waals surface area contributed by atoms with E-state index in [9.17, 15) is 18.0 Å². The number of fused-ring (bicyclic) bond motifs is 1. The fourth-order valence-corrected chi connectivity index (χ4v) is 3.69. The summed E-state index contributed by atoms with van der Waals surface area (Å²) in [6.07, 6.45) is -3.34. The number of anilines is 2. The lowest BCUT2D eigenvalue weighted by atomic mass is 10.3. The summed E-state index contributed by atoms with van der Waals surface area (Å²) in [5.74, 6) is 0.244. The van der Waals surface area contributed by atoms with Crippen molar-refractivity contribution in [3.8, 4) is 17.2 Å². The van der Waals surface area contributed by atoms with Crippen LogP contribution in [-0.2, 0) is 0 Å². The number of thiazole rings is 1. The fourth-order valence-electron chi connectivity index (χ4n) is 2.78. The average Bonchev–Trinajstić information content (AvgIpc) is 3.15. The Morgan fingerprint density at radius 1 is 1.06 bits per heavy atom. The van der Waals surface area contributed by atoms with Gasteiger partial charge >= 0.3 is 6.36 Å². The molecule has 32 heavy (non-hydrogen) atoms. The minimum absolute atomic E-state index is 0.138. The lowest BCUT2D eigenvalue weighted by Gasteiger charge is -2.13. The molecule has 0 spiro atoms. The third-order valence-electron chi connectivity index (χ3n) is 4.14. The maximum absolute atomic E-state index is 12.6. The van der Waals surface area contributed by atoms with E-state index < -0.39 is 6.36 Å². The first-order chi connectivity index (χ1) is 15.3. The Morgan fingerprint density at radius 3 is 2.62 bits per heavy atom. The number of benzene rings is 2. The van der Waals surface area contributed by atoms with Gasteiger partial charge in [0.15, 0.2) is 10.9 Å². The highest BCUT2D eigenvalue weighted by Crippen LogP contribution is 2.36. The maximum atomic E-state index is 12.6. The van der Waals surface area contributed by atoms with E-state index >= 15 is 0 Å². The van der Waals surface area contributed by atoms with Crippen LogP contribution in [0.15, 0.2) is 60.8 Å². The number of pyridine rings is 1. The highest BCUT2D eigenvalue weighted by molar-refractivity contribution is 7.22. The molecule has 0 aliphatic carbocycles. The second-order valence-corrected chi connectivity index (χ2v) is 7.41. The number of aromatic nitrogens is 2. The van der Waals surface area contributed by atoms with Gasteiger partial charge in [0.25, 0.3) is 5.91 Å². The van der Waals surface area contributed by atoms with Gasteiger partial charge in [-0.1, -0.05) is 23.5 Å². The predicted octanol–water partition coefficient (Wildman–Crippen LogP) is 5.49. The predicted molar refractivity (Wildman–Crippen MR) is 114 cm³/mol. The molecule has 2 aromatic heterocycles.